The van der Waals surface area contributed by atoms with E-state index in [1.54, 1.807) is 6.92 Å². The first-order valence-electron chi connectivity index (χ1n) is 15.5. The lowest BCUT2D eigenvalue weighted by Crippen LogP contribution is -2.64. The molecule has 2 aliphatic rings. The van der Waals surface area contributed by atoms with Crippen molar-refractivity contribution < 1.29 is 62.2 Å². The van der Waals surface area contributed by atoms with E-state index in [0.29, 0.717) is 0 Å². The van der Waals surface area contributed by atoms with Gasteiger partial charge in [0.25, 0.3) is 0 Å². The minimum Gasteiger partial charge on any atom is -0.456 e. The van der Waals surface area contributed by atoms with Crippen LogP contribution in [0.4, 0.5) is 0 Å². The zero-order valence-corrected chi connectivity index (χ0v) is 26.9. The summed E-state index contributed by atoms with van der Waals surface area (Å²) < 4.78 is 47.4. The fourth-order valence-electron chi connectivity index (χ4n) is 5.36. The van der Waals surface area contributed by atoms with Crippen LogP contribution in [0.2, 0.25) is 0 Å². The molecule has 2 aromatic carbocycles. The van der Waals surface area contributed by atoms with Gasteiger partial charge in [-0.25, -0.2) is 0 Å². The molecule has 0 spiro atoms. The largest absolute Gasteiger partial charge is 0.456 e. The molecule has 0 bridgehead atoms. The van der Waals surface area contributed by atoms with E-state index in [1.807, 2.05) is 60.7 Å². The summed E-state index contributed by atoms with van der Waals surface area (Å²) in [7, 11) is 0. The molecule has 2 heterocycles. The van der Waals surface area contributed by atoms with Gasteiger partial charge in [-0.1, -0.05) is 60.7 Å². The average molecular weight is 659 g/mol. The number of carbonyl (C=O) groups excluding carboxylic acids is 4. The molecule has 0 aliphatic carbocycles. The summed E-state index contributed by atoms with van der Waals surface area (Å²) in [5, 5.41) is 11.1. The summed E-state index contributed by atoms with van der Waals surface area (Å²) in [6, 6.07) is 18.7. The van der Waals surface area contributed by atoms with Gasteiger partial charge in [-0.2, -0.15) is 0 Å². The van der Waals surface area contributed by atoms with Crippen molar-refractivity contribution in [3.63, 3.8) is 0 Å². The Bertz CT molecular complexity index is 1260. The van der Waals surface area contributed by atoms with Gasteiger partial charge in [0.05, 0.1) is 32.3 Å². The zero-order chi connectivity index (χ0) is 33.9. The quantitative estimate of drug-likeness (QED) is 0.233. The Morgan fingerprint density at radius 2 is 1.30 bits per heavy atom. The van der Waals surface area contributed by atoms with Gasteiger partial charge in [-0.15, -0.1) is 0 Å². The molecule has 1 N–H and O–H groups in total. The number of aliphatic hydroxyl groups excluding tert-OH is 1. The highest BCUT2D eigenvalue weighted by atomic mass is 16.7. The van der Waals surface area contributed by atoms with Crippen molar-refractivity contribution in [2.24, 2.45) is 0 Å². The number of aliphatic hydroxyl groups is 1. The van der Waals surface area contributed by atoms with E-state index < -0.39 is 73.2 Å². The molecule has 0 unspecified atom stereocenters. The van der Waals surface area contributed by atoms with Gasteiger partial charge < -0.3 is 47.8 Å². The standard InChI is InChI=1S/C34H42O13/c1-20(35)15-16-27(38)46-32-29(45-23(4)37)26(44-22(3)36)19-42-34(32)47-30-28(40-17-24-11-7-5-8-12-24)21(2)43-33(39)31(30)41-18-25-13-9-6-10-14-25/h5-14,21,26,28-34,39H,15-19H2,1-4H3/t21-,26-,28-,29+,30+,31-,32-,33+,34+/m1/s1. The summed E-state index contributed by atoms with van der Waals surface area (Å²) >= 11 is 0. The molecule has 4 rings (SSSR count). The van der Waals surface area contributed by atoms with Crippen molar-refractivity contribution >= 4 is 23.7 Å². The number of esters is 3. The second-order valence-corrected chi connectivity index (χ2v) is 11.4. The smallest absolute Gasteiger partial charge is 0.306 e. The molecular formula is C34H42O13. The molecular weight excluding hydrogens is 616 g/mol. The Morgan fingerprint density at radius 3 is 1.85 bits per heavy atom. The maximum Gasteiger partial charge on any atom is 0.306 e. The zero-order valence-electron chi connectivity index (χ0n) is 26.9. The molecule has 13 heteroatoms. The van der Waals surface area contributed by atoms with Crippen molar-refractivity contribution in [3.05, 3.63) is 71.8 Å². The van der Waals surface area contributed by atoms with E-state index in [-0.39, 0.29) is 38.4 Å². The number of hydrogen-bond acceptors (Lipinski definition) is 13. The topological polar surface area (TPSA) is 162 Å². The number of Topliss-reactive ketones (excluding diaryl/α,β-unsaturated/α-hetero) is 1. The van der Waals surface area contributed by atoms with Gasteiger partial charge >= 0.3 is 17.9 Å². The second-order valence-electron chi connectivity index (χ2n) is 11.4. The van der Waals surface area contributed by atoms with Gasteiger partial charge in [0.1, 0.15) is 24.1 Å². The third-order valence-corrected chi connectivity index (χ3v) is 7.56. The van der Waals surface area contributed by atoms with E-state index in [0.717, 1.165) is 18.1 Å². The maximum atomic E-state index is 12.9. The van der Waals surface area contributed by atoms with Crippen LogP contribution in [0.5, 0.6) is 0 Å². The Morgan fingerprint density at radius 1 is 0.723 bits per heavy atom. The molecule has 0 aromatic heterocycles. The van der Waals surface area contributed by atoms with Gasteiger partial charge in [0, 0.05) is 20.3 Å². The summed E-state index contributed by atoms with van der Waals surface area (Å²) in [5.74, 6) is -2.44. The Kier molecular flexibility index (Phi) is 13.4. The first kappa shape index (κ1) is 36.1. The normalized spacial score (nSPS) is 29.0. The van der Waals surface area contributed by atoms with Crippen molar-refractivity contribution in [1.82, 2.24) is 0 Å². The van der Waals surface area contributed by atoms with Crippen LogP contribution >= 0.6 is 0 Å². The molecule has 0 radical (unpaired) electrons. The number of ether oxygens (including phenoxy) is 8. The minimum atomic E-state index is -1.45. The van der Waals surface area contributed by atoms with Crippen LogP contribution < -0.4 is 0 Å². The van der Waals surface area contributed by atoms with Crippen LogP contribution in [0.1, 0.15) is 51.7 Å². The molecule has 47 heavy (non-hydrogen) atoms. The Labute approximate surface area is 273 Å². The van der Waals surface area contributed by atoms with Crippen LogP contribution in [0, 0.1) is 0 Å². The highest BCUT2D eigenvalue weighted by molar-refractivity contribution is 5.81. The van der Waals surface area contributed by atoms with E-state index in [1.165, 1.54) is 13.8 Å². The van der Waals surface area contributed by atoms with Gasteiger partial charge in [-0.3, -0.25) is 14.4 Å². The molecule has 9 atom stereocenters. The van der Waals surface area contributed by atoms with Crippen molar-refractivity contribution in [2.75, 3.05) is 6.61 Å². The third kappa shape index (κ3) is 10.6. The predicted molar refractivity (Wildman–Crippen MR) is 162 cm³/mol. The number of carbonyl (C=O) groups is 4. The van der Waals surface area contributed by atoms with Crippen LogP contribution in [-0.4, -0.2) is 90.7 Å². The summed E-state index contributed by atoms with van der Waals surface area (Å²) in [5.41, 5.74) is 1.70. The minimum absolute atomic E-state index is 0.0853. The molecule has 2 saturated heterocycles. The van der Waals surface area contributed by atoms with E-state index in [9.17, 15) is 24.3 Å². The molecule has 13 nitrogen and oxygen atoms in total. The van der Waals surface area contributed by atoms with Crippen LogP contribution in [0.25, 0.3) is 0 Å². The van der Waals surface area contributed by atoms with E-state index >= 15 is 0 Å². The van der Waals surface area contributed by atoms with Crippen molar-refractivity contribution in [1.29, 1.82) is 0 Å². The first-order valence-corrected chi connectivity index (χ1v) is 15.5. The van der Waals surface area contributed by atoms with Crippen LogP contribution in [0.15, 0.2) is 60.7 Å². The van der Waals surface area contributed by atoms with Gasteiger partial charge in [0.2, 0.25) is 0 Å². The number of rotatable bonds is 14. The lowest BCUT2D eigenvalue weighted by Gasteiger charge is -2.47. The summed E-state index contributed by atoms with van der Waals surface area (Å²) in [4.78, 5) is 48.6. The number of ketones is 1. The predicted octanol–water partition coefficient (Wildman–Crippen LogP) is 2.78. The average Bonchev–Trinajstić information content (AvgIpc) is 3.02. The number of hydrogen-bond donors (Lipinski definition) is 1. The summed E-state index contributed by atoms with van der Waals surface area (Å²) in [6.07, 6.45) is -10.9. The summed E-state index contributed by atoms with van der Waals surface area (Å²) in [6.45, 7) is 5.35. The van der Waals surface area contributed by atoms with E-state index in [4.69, 9.17) is 37.9 Å². The Hall–Kier alpha value is -3.72. The van der Waals surface area contributed by atoms with Gasteiger partial charge in [-0.05, 0) is 25.0 Å². The molecule has 2 aromatic rings. The Balaban J connectivity index is 1.66. The lowest BCUT2D eigenvalue weighted by atomic mass is 9.98. The molecule has 2 aliphatic heterocycles. The third-order valence-electron chi connectivity index (χ3n) is 7.56. The number of benzene rings is 2. The van der Waals surface area contributed by atoms with Crippen molar-refractivity contribution in [2.45, 2.75) is 109 Å². The fraction of sp³-hybridized carbons (Fsp3) is 0.529. The lowest BCUT2D eigenvalue weighted by molar-refractivity contribution is -0.352. The van der Waals surface area contributed by atoms with Crippen LogP contribution in [-0.2, 0) is 70.3 Å². The fourth-order valence-corrected chi connectivity index (χ4v) is 5.36. The second kappa shape index (κ2) is 17.4. The van der Waals surface area contributed by atoms with E-state index in [2.05, 4.69) is 0 Å². The van der Waals surface area contributed by atoms with Crippen molar-refractivity contribution in [3.8, 4) is 0 Å². The highest BCUT2D eigenvalue weighted by Crippen LogP contribution is 2.33. The monoisotopic (exact) mass is 658 g/mol. The molecule has 2 fully saturated rings. The molecule has 0 amide bonds. The maximum absolute atomic E-state index is 12.9. The first-order chi connectivity index (χ1) is 22.5. The van der Waals surface area contributed by atoms with Crippen LogP contribution in [0.3, 0.4) is 0 Å². The van der Waals surface area contributed by atoms with Gasteiger partial charge in [0.15, 0.2) is 30.9 Å². The highest BCUT2D eigenvalue weighted by Gasteiger charge is 2.53. The SMILES string of the molecule is CC(=O)CCC(=O)O[C@H]1[C@H](O[C@@H]2[C@@H](OCc3ccccc3)[C@@H](O)O[C@H](C)[C@H]2OCc2ccccc2)OC[C@@H](OC(C)=O)[C@@H]1OC(C)=O. The molecule has 0 saturated carbocycles. The molecule has 256 valence electrons.